The number of carbonyl (C=O) groups is 2. The van der Waals surface area contributed by atoms with Crippen LogP contribution in [-0.4, -0.2) is 42.8 Å². The fourth-order valence-electron chi connectivity index (χ4n) is 1.09. The maximum absolute atomic E-state index is 11.3. The predicted octanol–water partition coefficient (Wildman–Crippen LogP) is 0.945. The third kappa shape index (κ3) is 4.70. The molecule has 0 aliphatic heterocycles. The zero-order valence-electron chi connectivity index (χ0n) is 10.0. The fraction of sp³-hybridized carbons (Fsp3) is 0.500. The smallest absolute Gasteiger partial charge is 0.262 e. The Hall–Kier alpha value is -1.14. The van der Waals surface area contributed by atoms with Crippen LogP contribution in [0.25, 0.3) is 0 Å². The number of nitrogens with zero attached hydrogens (tertiary/aromatic N) is 2. The highest BCUT2D eigenvalue weighted by Gasteiger charge is 2.10. The minimum Gasteiger partial charge on any atom is -0.354 e. The van der Waals surface area contributed by atoms with Gasteiger partial charge in [0.05, 0.1) is 11.2 Å². The van der Waals surface area contributed by atoms with Crippen LogP contribution in [0.4, 0.5) is 0 Å². The summed E-state index contributed by atoms with van der Waals surface area (Å²) in [6.45, 7) is 0. The summed E-state index contributed by atoms with van der Waals surface area (Å²) in [5.41, 5.74) is 0. The summed E-state index contributed by atoms with van der Waals surface area (Å²) in [4.78, 5) is 28.8. The molecular weight excluding hydrogens is 262 g/mol. The van der Waals surface area contributed by atoms with Gasteiger partial charge in [0, 0.05) is 34.0 Å². The van der Waals surface area contributed by atoms with Gasteiger partial charge in [-0.3, -0.25) is 9.59 Å². The summed E-state index contributed by atoms with van der Waals surface area (Å²) >= 11 is 1.33. The Bertz CT molecular complexity index is 393. The Morgan fingerprint density at radius 2 is 2.12 bits per heavy atom. The van der Waals surface area contributed by atoms with E-state index >= 15 is 0 Å². The lowest BCUT2D eigenvalue weighted by Crippen LogP contribution is -2.21. The van der Waals surface area contributed by atoms with E-state index in [1.165, 1.54) is 11.3 Å². The zero-order chi connectivity index (χ0) is 12.1. The predicted molar refractivity (Wildman–Crippen MR) is 69.8 cm³/mol. The monoisotopic (exact) mass is 277 g/mol. The van der Waals surface area contributed by atoms with E-state index in [0.717, 1.165) is 5.01 Å². The van der Waals surface area contributed by atoms with Crippen LogP contribution < -0.4 is 5.32 Å². The molecule has 1 aromatic heterocycles. The van der Waals surface area contributed by atoms with Crippen molar-refractivity contribution in [2.75, 3.05) is 21.1 Å². The Kier molecular flexibility index (Phi) is 6.75. The number of hydrogen-bond donors (Lipinski definition) is 1. The average Bonchev–Trinajstić information content (AvgIpc) is 2.73. The van der Waals surface area contributed by atoms with Gasteiger partial charge in [-0.15, -0.1) is 23.7 Å². The second kappa shape index (κ2) is 7.24. The third-order valence-electron chi connectivity index (χ3n) is 2.06. The number of amides is 2. The van der Waals surface area contributed by atoms with Crippen LogP contribution in [0.3, 0.4) is 0 Å². The van der Waals surface area contributed by atoms with Crippen LogP contribution >= 0.6 is 23.7 Å². The van der Waals surface area contributed by atoms with Crippen molar-refractivity contribution in [2.24, 2.45) is 0 Å². The molecular formula is C10H16ClN3O2S. The molecule has 0 radical (unpaired) electrons. The van der Waals surface area contributed by atoms with Crippen LogP contribution in [0.1, 0.15) is 21.1 Å². The molecule has 0 saturated heterocycles. The molecule has 1 heterocycles. The molecule has 2 amide bonds. The van der Waals surface area contributed by atoms with Crippen molar-refractivity contribution < 1.29 is 9.59 Å². The van der Waals surface area contributed by atoms with E-state index in [0.29, 0.717) is 17.7 Å². The number of thiazole rings is 1. The van der Waals surface area contributed by atoms with Gasteiger partial charge < -0.3 is 10.2 Å². The van der Waals surface area contributed by atoms with Crippen molar-refractivity contribution in [3.63, 3.8) is 0 Å². The first kappa shape index (κ1) is 15.9. The summed E-state index contributed by atoms with van der Waals surface area (Å²) in [7, 11) is 5.03. The van der Waals surface area contributed by atoms with Gasteiger partial charge in [-0.25, -0.2) is 4.98 Å². The molecule has 0 saturated carbocycles. The molecule has 0 atom stereocenters. The largest absolute Gasteiger partial charge is 0.354 e. The lowest BCUT2D eigenvalue weighted by atomic mass is 10.3. The molecule has 0 aromatic carbocycles. The van der Waals surface area contributed by atoms with Crippen molar-refractivity contribution in [2.45, 2.75) is 12.8 Å². The van der Waals surface area contributed by atoms with E-state index in [-0.39, 0.29) is 24.2 Å². The van der Waals surface area contributed by atoms with Gasteiger partial charge in [-0.2, -0.15) is 0 Å². The van der Waals surface area contributed by atoms with Crippen LogP contribution in [-0.2, 0) is 11.2 Å². The van der Waals surface area contributed by atoms with Crippen molar-refractivity contribution in [1.29, 1.82) is 0 Å². The van der Waals surface area contributed by atoms with Gasteiger partial charge in [0.25, 0.3) is 5.91 Å². The number of aryl methyl sites for hydroxylation is 1. The highest BCUT2D eigenvalue weighted by atomic mass is 35.5. The van der Waals surface area contributed by atoms with Crippen molar-refractivity contribution >= 4 is 35.6 Å². The summed E-state index contributed by atoms with van der Waals surface area (Å²) in [5, 5.41) is 3.35. The standard InChI is InChI=1S/C10H15N3O2S.ClH/c1-11-10(15)7-6-12-8(16-7)4-5-9(14)13(2)3;/h6H,4-5H2,1-3H3,(H,11,15);1H. The highest BCUT2D eigenvalue weighted by Crippen LogP contribution is 2.14. The second-order valence-electron chi connectivity index (χ2n) is 3.49. The number of nitrogens with one attached hydrogen (secondary N) is 1. The molecule has 1 N–H and O–H groups in total. The first-order valence-electron chi connectivity index (χ1n) is 4.91. The summed E-state index contributed by atoms with van der Waals surface area (Å²) in [5.74, 6) is -0.0700. The summed E-state index contributed by atoms with van der Waals surface area (Å²) in [6, 6.07) is 0. The van der Waals surface area contributed by atoms with Crippen LogP contribution in [0.5, 0.6) is 0 Å². The van der Waals surface area contributed by atoms with Gasteiger partial charge in [0.2, 0.25) is 5.91 Å². The quantitative estimate of drug-likeness (QED) is 0.891. The van der Waals surface area contributed by atoms with Gasteiger partial charge in [-0.05, 0) is 0 Å². The van der Waals surface area contributed by atoms with Crippen LogP contribution in [0.15, 0.2) is 6.20 Å². The fourth-order valence-corrected chi connectivity index (χ4v) is 1.96. The molecule has 7 heteroatoms. The molecule has 0 fully saturated rings. The van der Waals surface area contributed by atoms with Crippen LogP contribution in [0, 0.1) is 0 Å². The number of hydrogen-bond acceptors (Lipinski definition) is 4. The molecule has 1 aromatic rings. The first-order chi connectivity index (χ1) is 7.54. The Morgan fingerprint density at radius 3 is 2.65 bits per heavy atom. The van der Waals surface area contributed by atoms with Gasteiger partial charge in [0.1, 0.15) is 4.88 Å². The minimum atomic E-state index is -0.136. The highest BCUT2D eigenvalue weighted by molar-refractivity contribution is 7.13. The van der Waals surface area contributed by atoms with Crippen molar-refractivity contribution in [1.82, 2.24) is 15.2 Å². The second-order valence-corrected chi connectivity index (χ2v) is 4.60. The number of aromatic nitrogens is 1. The molecule has 0 spiro atoms. The van der Waals surface area contributed by atoms with Crippen molar-refractivity contribution in [3.8, 4) is 0 Å². The zero-order valence-corrected chi connectivity index (χ0v) is 11.7. The summed E-state index contributed by atoms with van der Waals surface area (Å²) in [6.07, 6.45) is 2.55. The SMILES string of the molecule is CNC(=O)c1cnc(CCC(=O)N(C)C)s1.Cl. The molecule has 0 aliphatic rings. The topological polar surface area (TPSA) is 62.3 Å². The number of rotatable bonds is 4. The summed E-state index contributed by atoms with van der Waals surface area (Å²) < 4.78 is 0. The molecule has 1 rings (SSSR count). The molecule has 0 bridgehead atoms. The molecule has 5 nitrogen and oxygen atoms in total. The Morgan fingerprint density at radius 1 is 1.47 bits per heavy atom. The lowest BCUT2D eigenvalue weighted by Gasteiger charge is -2.08. The average molecular weight is 278 g/mol. The van der Waals surface area contributed by atoms with E-state index < -0.39 is 0 Å². The Balaban J connectivity index is 0.00000256. The molecule has 96 valence electrons. The van der Waals surface area contributed by atoms with E-state index in [1.807, 2.05) is 0 Å². The van der Waals surface area contributed by atoms with Gasteiger partial charge >= 0.3 is 0 Å². The lowest BCUT2D eigenvalue weighted by molar-refractivity contribution is -0.128. The molecule has 0 aliphatic carbocycles. The molecule has 0 unspecified atom stereocenters. The normalized spacial score (nSPS) is 9.35. The van der Waals surface area contributed by atoms with Crippen LogP contribution in [0.2, 0.25) is 0 Å². The Labute approximate surface area is 111 Å². The maximum atomic E-state index is 11.3. The number of carbonyl (C=O) groups excluding carboxylic acids is 2. The van der Waals surface area contributed by atoms with Gasteiger partial charge in [-0.1, -0.05) is 0 Å². The van der Waals surface area contributed by atoms with E-state index in [4.69, 9.17) is 0 Å². The van der Waals surface area contributed by atoms with Crippen molar-refractivity contribution in [3.05, 3.63) is 16.1 Å². The van der Waals surface area contributed by atoms with E-state index in [1.54, 1.807) is 32.2 Å². The maximum Gasteiger partial charge on any atom is 0.262 e. The molecule has 17 heavy (non-hydrogen) atoms. The van der Waals surface area contributed by atoms with E-state index in [9.17, 15) is 9.59 Å². The minimum absolute atomic E-state index is 0. The van der Waals surface area contributed by atoms with E-state index in [2.05, 4.69) is 10.3 Å². The number of halogens is 1. The first-order valence-corrected chi connectivity index (χ1v) is 5.73. The van der Waals surface area contributed by atoms with Gasteiger partial charge in [0.15, 0.2) is 0 Å². The third-order valence-corrected chi connectivity index (χ3v) is 3.11.